The second-order valence-corrected chi connectivity index (χ2v) is 5.86. The standard InChI is InChI=1S/C17H19N3O5/c21-17(13-3-1-4-14(11-13)20(22)23)18-12-15(16-5-2-8-25-16)19-6-9-24-10-7-19/h1-5,8,11,15H,6-7,9-10,12H2,(H,18,21)/p+1/t15-/m1/s1. The summed E-state index contributed by atoms with van der Waals surface area (Å²) in [7, 11) is 0. The zero-order chi connectivity index (χ0) is 17.6. The van der Waals surface area contributed by atoms with Crippen LogP contribution in [0.25, 0.3) is 0 Å². The number of carbonyl (C=O) groups excluding carboxylic acids is 1. The third-order valence-corrected chi connectivity index (χ3v) is 4.30. The largest absolute Gasteiger partial charge is 0.463 e. The number of nitro groups is 1. The van der Waals surface area contributed by atoms with E-state index >= 15 is 0 Å². The van der Waals surface area contributed by atoms with Crippen molar-refractivity contribution in [2.45, 2.75) is 6.04 Å². The molecule has 2 heterocycles. The summed E-state index contributed by atoms with van der Waals surface area (Å²) in [5, 5.41) is 13.7. The van der Waals surface area contributed by atoms with Gasteiger partial charge in [0.2, 0.25) is 0 Å². The van der Waals surface area contributed by atoms with Gasteiger partial charge in [-0.1, -0.05) is 6.07 Å². The number of non-ortho nitro benzene ring substituents is 1. The molecule has 8 heteroatoms. The quantitative estimate of drug-likeness (QED) is 0.589. The van der Waals surface area contributed by atoms with Crippen LogP contribution in [0.5, 0.6) is 0 Å². The molecule has 1 aromatic carbocycles. The Kier molecular flexibility index (Phi) is 5.42. The lowest BCUT2D eigenvalue weighted by Gasteiger charge is -2.30. The van der Waals surface area contributed by atoms with E-state index in [1.165, 1.54) is 23.1 Å². The molecule has 1 fully saturated rings. The number of quaternary nitrogens is 1. The average molecular weight is 346 g/mol. The Morgan fingerprint density at radius 3 is 2.76 bits per heavy atom. The lowest BCUT2D eigenvalue weighted by molar-refractivity contribution is -0.938. The molecular weight excluding hydrogens is 326 g/mol. The molecule has 0 aliphatic carbocycles. The predicted molar refractivity (Wildman–Crippen MR) is 88.4 cm³/mol. The highest BCUT2D eigenvalue weighted by Crippen LogP contribution is 2.14. The summed E-state index contributed by atoms with van der Waals surface area (Å²) in [4.78, 5) is 24.0. The fourth-order valence-electron chi connectivity index (χ4n) is 2.98. The molecule has 0 radical (unpaired) electrons. The number of amides is 1. The van der Waals surface area contributed by atoms with E-state index in [9.17, 15) is 14.9 Å². The maximum Gasteiger partial charge on any atom is 0.270 e. The Bertz CT molecular complexity index is 726. The van der Waals surface area contributed by atoms with E-state index in [2.05, 4.69) is 5.32 Å². The maximum absolute atomic E-state index is 12.4. The topological polar surface area (TPSA) is 99.0 Å². The van der Waals surface area contributed by atoms with Crippen molar-refractivity contribution in [3.63, 3.8) is 0 Å². The van der Waals surface area contributed by atoms with Crippen LogP contribution in [-0.2, 0) is 4.74 Å². The smallest absolute Gasteiger partial charge is 0.270 e. The van der Waals surface area contributed by atoms with E-state index in [0.717, 1.165) is 18.8 Å². The van der Waals surface area contributed by atoms with Crippen molar-refractivity contribution in [1.29, 1.82) is 0 Å². The van der Waals surface area contributed by atoms with Gasteiger partial charge in [0.25, 0.3) is 11.6 Å². The summed E-state index contributed by atoms with van der Waals surface area (Å²) in [5.74, 6) is 0.462. The number of nitrogens with one attached hydrogen (secondary N) is 2. The minimum atomic E-state index is -0.514. The van der Waals surface area contributed by atoms with E-state index < -0.39 is 4.92 Å². The Morgan fingerprint density at radius 2 is 2.08 bits per heavy atom. The number of hydrogen-bond acceptors (Lipinski definition) is 5. The summed E-state index contributed by atoms with van der Waals surface area (Å²) < 4.78 is 10.9. The second-order valence-electron chi connectivity index (χ2n) is 5.86. The zero-order valence-corrected chi connectivity index (χ0v) is 13.6. The number of ether oxygens (including phenoxy) is 1. The van der Waals surface area contributed by atoms with Crippen LogP contribution in [0, 0.1) is 10.1 Å². The van der Waals surface area contributed by atoms with Crippen molar-refractivity contribution in [3.05, 3.63) is 64.1 Å². The van der Waals surface area contributed by atoms with Gasteiger partial charge in [0.05, 0.1) is 30.9 Å². The van der Waals surface area contributed by atoms with Gasteiger partial charge < -0.3 is 19.4 Å². The highest BCUT2D eigenvalue weighted by molar-refractivity contribution is 5.94. The fraction of sp³-hybridized carbons (Fsp3) is 0.353. The number of nitrogens with zero attached hydrogens (tertiary/aromatic N) is 1. The first-order valence-electron chi connectivity index (χ1n) is 8.13. The van der Waals surface area contributed by atoms with Gasteiger partial charge in [-0.3, -0.25) is 14.9 Å². The highest BCUT2D eigenvalue weighted by atomic mass is 16.6. The summed E-state index contributed by atoms with van der Waals surface area (Å²) in [6.45, 7) is 3.39. The Balaban J connectivity index is 1.69. The summed E-state index contributed by atoms with van der Waals surface area (Å²) in [6.07, 6.45) is 1.62. The molecule has 1 saturated heterocycles. The number of benzene rings is 1. The molecule has 1 atom stereocenters. The fourth-order valence-corrected chi connectivity index (χ4v) is 2.98. The molecule has 1 aromatic heterocycles. The Labute approximate surface area is 144 Å². The monoisotopic (exact) mass is 346 g/mol. The van der Waals surface area contributed by atoms with Gasteiger partial charge >= 0.3 is 0 Å². The molecule has 2 aromatic rings. The molecule has 0 bridgehead atoms. The van der Waals surface area contributed by atoms with Crippen LogP contribution in [0.2, 0.25) is 0 Å². The summed E-state index contributed by atoms with van der Waals surface area (Å²) >= 11 is 0. The van der Waals surface area contributed by atoms with Gasteiger partial charge in [-0.25, -0.2) is 0 Å². The Hall–Kier alpha value is -2.71. The second kappa shape index (κ2) is 7.91. The van der Waals surface area contributed by atoms with Crippen molar-refractivity contribution in [1.82, 2.24) is 5.32 Å². The van der Waals surface area contributed by atoms with Crippen molar-refractivity contribution in [2.75, 3.05) is 32.8 Å². The molecule has 1 aliphatic rings. The van der Waals surface area contributed by atoms with Crippen molar-refractivity contribution in [2.24, 2.45) is 0 Å². The van der Waals surface area contributed by atoms with E-state index in [-0.39, 0.29) is 23.2 Å². The SMILES string of the molecule is O=C(NC[C@H](c1ccco1)[NH+]1CCOCC1)c1cccc([N+](=O)[O-])c1. The molecule has 0 unspecified atom stereocenters. The normalized spacial score (nSPS) is 16.3. The van der Waals surface area contributed by atoms with Gasteiger partial charge in [-0.05, 0) is 18.2 Å². The van der Waals surface area contributed by atoms with E-state index in [0.29, 0.717) is 19.8 Å². The molecule has 25 heavy (non-hydrogen) atoms. The van der Waals surface area contributed by atoms with Crippen LogP contribution < -0.4 is 10.2 Å². The lowest BCUT2D eigenvalue weighted by atomic mass is 10.1. The van der Waals surface area contributed by atoms with E-state index in [4.69, 9.17) is 9.15 Å². The average Bonchev–Trinajstić information content (AvgIpc) is 3.17. The maximum atomic E-state index is 12.4. The van der Waals surface area contributed by atoms with Crippen LogP contribution in [0.3, 0.4) is 0 Å². The molecule has 132 valence electrons. The first kappa shape index (κ1) is 17.1. The molecule has 3 rings (SSSR count). The third kappa shape index (κ3) is 4.23. The Morgan fingerprint density at radius 1 is 1.28 bits per heavy atom. The van der Waals surface area contributed by atoms with Gasteiger partial charge in [0.15, 0.2) is 11.8 Å². The molecule has 1 amide bonds. The van der Waals surface area contributed by atoms with Crippen molar-refractivity contribution >= 4 is 11.6 Å². The van der Waals surface area contributed by atoms with Gasteiger partial charge in [-0.15, -0.1) is 0 Å². The van der Waals surface area contributed by atoms with Gasteiger partial charge in [0.1, 0.15) is 13.1 Å². The minimum Gasteiger partial charge on any atom is -0.463 e. The third-order valence-electron chi connectivity index (χ3n) is 4.30. The zero-order valence-electron chi connectivity index (χ0n) is 13.6. The molecular formula is C17H20N3O5+. The predicted octanol–water partition coefficient (Wildman–Crippen LogP) is 0.574. The molecule has 1 aliphatic heterocycles. The van der Waals surface area contributed by atoms with Crippen LogP contribution in [0.4, 0.5) is 5.69 Å². The lowest BCUT2D eigenvalue weighted by Crippen LogP contribution is -3.15. The van der Waals surface area contributed by atoms with Gasteiger partial charge in [-0.2, -0.15) is 0 Å². The highest BCUT2D eigenvalue weighted by Gasteiger charge is 2.29. The number of furan rings is 1. The number of carbonyl (C=O) groups is 1. The van der Waals surface area contributed by atoms with Crippen molar-refractivity contribution in [3.8, 4) is 0 Å². The molecule has 0 spiro atoms. The molecule has 2 N–H and O–H groups in total. The van der Waals surface area contributed by atoms with Crippen LogP contribution >= 0.6 is 0 Å². The van der Waals surface area contributed by atoms with Crippen LogP contribution in [-0.4, -0.2) is 43.7 Å². The summed E-state index contributed by atoms with van der Waals surface area (Å²) in [6, 6.07) is 9.40. The van der Waals surface area contributed by atoms with Crippen molar-refractivity contribution < 1.29 is 23.8 Å². The van der Waals surface area contributed by atoms with E-state index in [1.807, 2.05) is 12.1 Å². The number of hydrogen-bond donors (Lipinski definition) is 2. The number of nitro benzene ring substituents is 1. The first-order valence-corrected chi connectivity index (χ1v) is 8.13. The van der Waals surface area contributed by atoms with Crippen LogP contribution in [0.1, 0.15) is 22.2 Å². The summed E-state index contributed by atoms with van der Waals surface area (Å²) in [5.41, 5.74) is 0.165. The number of rotatable bonds is 6. The van der Waals surface area contributed by atoms with Gasteiger partial charge in [0, 0.05) is 17.7 Å². The van der Waals surface area contributed by atoms with E-state index in [1.54, 1.807) is 12.3 Å². The number of morpholine rings is 1. The minimum absolute atomic E-state index is 0.0263. The molecule has 8 nitrogen and oxygen atoms in total. The molecule has 0 saturated carbocycles. The first-order chi connectivity index (χ1) is 12.1. The van der Waals surface area contributed by atoms with Crippen LogP contribution in [0.15, 0.2) is 47.1 Å².